The van der Waals surface area contributed by atoms with E-state index in [1.165, 1.54) is 17.9 Å². The molecule has 0 spiro atoms. The fraction of sp³-hybridized carbons (Fsp3) is 0.545. The Morgan fingerprint density at radius 3 is 3.00 bits per heavy atom. The van der Waals surface area contributed by atoms with E-state index in [0.717, 1.165) is 17.1 Å². The molecule has 82 valence electrons. The summed E-state index contributed by atoms with van der Waals surface area (Å²) >= 11 is 2.02. The Kier molecular flexibility index (Phi) is 3.05. The van der Waals surface area contributed by atoms with Gasteiger partial charge in [-0.15, -0.1) is 0 Å². The zero-order chi connectivity index (χ0) is 10.8. The molecule has 2 N–H and O–H groups in total. The topological polar surface area (TPSA) is 42.1 Å². The van der Waals surface area contributed by atoms with Crippen LogP contribution in [0.5, 0.6) is 0 Å². The van der Waals surface area contributed by atoms with Crippen LogP contribution in [0.1, 0.15) is 12.0 Å². The minimum absolute atomic E-state index is 0.629. The number of rotatable bonds is 2. The SMILES string of the molecule is Cc1cc(N)cnc1N(C)C1CCSC1. The summed E-state index contributed by atoms with van der Waals surface area (Å²) in [5, 5.41) is 0. The largest absolute Gasteiger partial charge is 0.397 e. The van der Waals surface area contributed by atoms with E-state index in [-0.39, 0.29) is 0 Å². The smallest absolute Gasteiger partial charge is 0.131 e. The van der Waals surface area contributed by atoms with Crippen molar-refractivity contribution in [2.45, 2.75) is 19.4 Å². The van der Waals surface area contributed by atoms with E-state index in [2.05, 4.69) is 23.9 Å². The number of hydrogen-bond donors (Lipinski definition) is 1. The third-order valence-corrected chi connectivity index (χ3v) is 4.00. The summed E-state index contributed by atoms with van der Waals surface area (Å²) in [5.41, 5.74) is 7.60. The number of nitrogen functional groups attached to an aromatic ring is 1. The van der Waals surface area contributed by atoms with E-state index < -0.39 is 0 Å². The lowest BCUT2D eigenvalue weighted by Crippen LogP contribution is -2.32. The normalized spacial score (nSPS) is 20.5. The lowest BCUT2D eigenvalue weighted by Gasteiger charge is -2.26. The van der Waals surface area contributed by atoms with Crippen molar-refractivity contribution in [3.05, 3.63) is 17.8 Å². The highest BCUT2D eigenvalue weighted by Gasteiger charge is 2.21. The molecule has 1 atom stereocenters. The summed E-state index contributed by atoms with van der Waals surface area (Å²) in [7, 11) is 2.13. The molecule has 0 bridgehead atoms. The van der Waals surface area contributed by atoms with Gasteiger partial charge in [-0.1, -0.05) is 0 Å². The summed E-state index contributed by atoms with van der Waals surface area (Å²) in [6.45, 7) is 2.07. The van der Waals surface area contributed by atoms with Gasteiger partial charge in [0.05, 0.1) is 11.9 Å². The molecule has 0 aliphatic carbocycles. The van der Waals surface area contributed by atoms with Crippen LogP contribution in [0.25, 0.3) is 0 Å². The Morgan fingerprint density at radius 1 is 1.60 bits per heavy atom. The number of aromatic nitrogens is 1. The Hall–Kier alpha value is -0.900. The second-order valence-corrected chi connectivity index (χ2v) is 5.19. The maximum atomic E-state index is 5.70. The molecule has 0 aromatic carbocycles. The van der Waals surface area contributed by atoms with Crippen molar-refractivity contribution < 1.29 is 0 Å². The Balaban J connectivity index is 2.20. The molecule has 1 aromatic rings. The van der Waals surface area contributed by atoms with Gasteiger partial charge in [0.2, 0.25) is 0 Å². The number of thioether (sulfide) groups is 1. The van der Waals surface area contributed by atoms with Crippen LogP contribution in [0.3, 0.4) is 0 Å². The fourth-order valence-electron chi connectivity index (χ4n) is 1.96. The first-order valence-electron chi connectivity index (χ1n) is 5.21. The van der Waals surface area contributed by atoms with E-state index in [9.17, 15) is 0 Å². The maximum absolute atomic E-state index is 5.70. The van der Waals surface area contributed by atoms with Crippen molar-refractivity contribution in [1.29, 1.82) is 0 Å². The minimum atomic E-state index is 0.629. The van der Waals surface area contributed by atoms with Crippen molar-refractivity contribution in [3.8, 4) is 0 Å². The number of nitrogens with zero attached hydrogens (tertiary/aromatic N) is 2. The van der Waals surface area contributed by atoms with Gasteiger partial charge in [0.25, 0.3) is 0 Å². The summed E-state index contributed by atoms with van der Waals surface area (Å²) in [5.74, 6) is 3.54. The van der Waals surface area contributed by atoms with E-state index in [1.54, 1.807) is 6.20 Å². The molecule has 1 aromatic heterocycles. The molecule has 1 aliphatic rings. The first-order valence-corrected chi connectivity index (χ1v) is 6.36. The van der Waals surface area contributed by atoms with Crippen molar-refractivity contribution in [2.75, 3.05) is 29.2 Å². The van der Waals surface area contributed by atoms with Crippen LogP contribution in [-0.4, -0.2) is 29.6 Å². The summed E-state index contributed by atoms with van der Waals surface area (Å²) in [6, 6.07) is 2.62. The summed E-state index contributed by atoms with van der Waals surface area (Å²) in [4.78, 5) is 6.70. The second kappa shape index (κ2) is 4.31. The van der Waals surface area contributed by atoms with E-state index in [4.69, 9.17) is 5.73 Å². The second-order valence-electron chi connectivity index (χ2n) is 4.04. The molecular formula is C11H17N3S. The average molecular weight is 223 g/mol. The van der Waals surface area contributed by atoms with Crippen LogP contribution in [0.15, 0.2) is 12.3 Å². The molecule has 15 heavy (non-hydrogen) atoms. The standard InChI is InChI=1S/C11H17N3S/c1-8-5-9(12)6-13-11(8)14(2)10-3-4-15-7-10/h5-6,10H,3-4,7,12H2,1-2H3. The quantitative estimate of drug-likeness (QED) is 0.831. The number of hydrogen-bond acceptors (Lipinski definition) is 4. The Morgan fingerprint density at radius 2 is 2.40 bits per heavy atom. The van der Waals surface area contributed by atoms with Gasteiger partial charge >= 0.3 is 0 Å². The molecule has 0 saturated carbocycles. The van der Waals surface area contributed by atoms with Crippen LogP contribution in [0, 0.1) is 6.92 Å². The molecule has 1 fully saturated rings. The van der Waals surface area contributed by atoms with Crippen LogP contribution < -0.4 is 10.6 Å². The summed E-state index contributed by atoms with van der Waals surface area (Å²) < 4.78 is 0. The predicted molar refractivity (Wildman–Crippen MR) is 67.5 cm³/mol. The van der Waals surface area contributed by atoms with E-state index in [1.807, 2.05) is 17.8 Å². The first-order chi connectivity index (χ1) is 7.18. The van der Waals surface area contributed by atoms with Crippen molar-refractivity contribution in [1.82, 2.24) is 4.98 Å². The van der Waals surface area contributed by atoms with Crippen molar-refractivity contribution in [3.63, 3.8) is 0 Å². The van der Waals surface area contributed by atoms with E-state index >= 15 is 0 Å². The first kappa shape index (κ1) is 10.6. The lowest BCUT2D eigenvalue weighted by atomic mass is 10.2. The minimum Gasteiger partial charge on any atom is -0.397 e. The Labute approximate surface area is 95.1 Å². The van der Waals surface area contributed by atoms with Crippen molar-refractivity contribution in [2.24, 2.45) is 0 Å². The van der Waals surface area contributed by atoms with Gasteiger partial charge in [0, 0.05) is 18.8 Å². The van der Waals surface area contributed by atoms with Gasteiger partial charge < -0.3 is 10.6 Å². The van der Waals surface area contributed by atoms with E-state index in [0.29, 0.717) is 6.04 Å². The number of pyridine rings is 1. The Bertz CT molecular complexity index is 348. The molecule has 4 heteroatoms. The zero-order valence-electron chi connectivity index (χ0n) is 9.23. The molecule has 1 saturated heterocycles. The van der Waals surface area contributed by atoms with Gasteiger partial charge in [-0.05, 0) is 30.7 Å². The molecule has 0 amide bonds. The van der Waals surface area contributed by atoms with Crippen LogP contribution in [0.2, 0.25) is 0 Å². The molecule has 0 radical (unpaired) electrons. The summed E-state index contributed by atoms with van der Waals surface area (Å²) in [6.07, 6.45) is 2.99. The molecular weight excluding hydrogens is 206 g/mol. The van der Waals surface area contributed by atoms with Gasteiger partial charge in [0.1, 0.15) is 5.82 Å². The number of anilines is 2. The highest BCUT2D eigenvalue weighted by Crippen LogP contribution is 2.26. The van der Waals surface area contributed by atoms with Gasteiger partial charge in [0.15, 0.2) is 0 Å². The average Bonchev–Trinajstić information content (AvgIpc) is 2.69. The molecule has 2 heterocycles. The molecule has 1 aliphatic heterocycles. The lowest BCUT2D eigenvalue weighted by molar-refractivity contribution is 0.690. The van der Waals surface area contributed by atoms with Gasteiger partial charge in [-0.2, -0.15) is 11.8 Å². The number of nitrogens with two attached hydrogens (primary N) is 1. The van der Waals surface area contributed by atoms with Gasteiger partial charge in [-0.25, -0.2) is 4.98 Å². The zero-order valence-corrected chi connectivity index (χ0v) is 10.0. The van der Waals surface area contributed by atoms with Crippen LogP contribution in [0.4, 0.5) is 11.5 Å². The van der Waals surface area contributed by atoms with Gasteiger partial charge in [-0.3, -0.25) is 0 Å². The highest BCUT2D eigenvalue weighted by atomic mass is 32.2. The third-order valence-electron chi connectivity index (χ3n) is 2.86. The number of aryl methyl sites for hydroxylation is 1. The van der Waals surface area contributed by atoms with Crippen LogP contribution >= 0.6 is 11.8 Å². The maximum Gasteiger partial charge on any atom is 0.131 e. The third kappa shape index (κ3) is 2.20. The predicted octanol–water partition coefficient (Wildman–Crippen LogP) is 1.91. The molecule has 2 rings (SSSR count). The monoisotopic (exact) mass is 223 g/mol. The van der Waals surface area contributed by atoms with Crippen LogP contribution in [-0.2, 0) is 0 Å². The van der Waals surface area contributed by atoms with Crippen molar-refractivity contribution >= 4 is 23.3 Å². The highest BCUT2D eigenvalue weighted by molar-refractivity contribution is 7.99. The fourth-order valence-corrected chi connectivity index (χ4v) is 3.23. The molecule has 1 unspecified atom stereocenters. The molecule has 3 nitrogen and oxygen atoms in total.